The van der Waals surface area contributed by atoms with Gasteiger partial charge in [0.15, 0.2) is 0 Å². The van der Waals surface area contributed by atoms with Crippen molar-refractivity contribution in [2.75, 3.05) is 7.11 Å². The summed E-state index contributed by atoms with van der Waals surface area (Å²) in [5, 5.41) is 0. The number of ether oxygens (including phenoxy) is 2. The van der Waals surface area contributed by atoms with Crippen LogP contribution in [0.4, 0.5) is 0 Å². The van der Waals surface area contributed by atoms with Crippen molar-refractivity contribution in [2.45, 2.75) is 32.1 Å². The molecular weight excluding hydrogens is 156 g/mol. The maximum atomic E-state index is 5.47. The zero-order chi connectivity index (χ0) is 8.85. The van der Waals surface area contributed by atoms with Crippen LogP contribution in [0.3, 0.4) is 0 Å². The van der Waals surface area contributed by atoms with Gasteiger partial charge in [-0.3, -0.25) is 0 Å². The third-order valence-electron chi connectivity index (χ3n) is 1.73. The van der Waals surface area contributed by atoms with Gasteiger partial charge in [-0.15, -0.1) is 0 Å². The van der Waals surface area contributed by atoms with Crippen molar-refractivity contribution in [3.05, 3.63) is 12.3 Å². The summed E-state index contributed by atoms with van der Waals surface area (Å²) in [6, 6.07) is 1.13. The Morgan fingerprint density at radius 2 is 2.09 bits per heavy atom. The van der Waals surface area contributed by atoms with Crippen LogP contribution in [0.5, 0.6) is 0 Å². The molecule has 0 aromatic carbocycles. The van der Waals surface area contributed by atoms with Crippen molar-refractivity contribution < 1.29 is 9.47 Å². The SMILES string of the molecule is C=C(OC(C)C[SiH3])C(C)OC. The maximum Gasteiger partial charge on any atom is 0.118 e. The van der Waals surface area contributed by atoms with Crippen LogP contribution in [0.15, 0.2) is 12.3 Å². The molecule has 0 rings (SSSR count). The van der Waals surface area contributed by atoms with E-state index in [9.17, 15) is 0 Å². The summed E-state index contributed by atoms with van der Waals surface area (Å²) in [7, 11) is 2.83. The van der Waals surface area contributed by atoms with E-state index in [4.69, 9.17) is 9.47 Å². The first-order valence-corrected chi connectivity index (χ1v) is 5.41. The minimum Gasteiger partial charge on any atom is -0.493 e. The van der Waals surface area contributed by atoms with E-state index >= 15 is 0 Å². The third-order valence-corrected chi connectivity index (χ3v) is 2.88. The van der Waals surface area contributed by atoms with Crippen molar-refractivity contribution in [2.24, 2.45) is 0 Å². The van der Waals surface area contributed by atoms with Gasteiger partial charge < -0.3 is 9.47 Å². The molecule has 0 saturated carbocycles. The van der Waals surface area contributed by atoms with E-state index in [0.717, 1.165) is 11.8 Å². The summed E-state index contributed by atoms with van der Waals surface area (Å²) >= 11 is 0. The zero-order valence-corrected chi connectivity index (χ0v) is 9.89. The van der Waals surface area contributed by atoms with E-state index in [0.29, 0.717) is 6.10 Å². The number of rotatable bonds is 5. The number of hydrogen-bond acceptors (Lipinski definition) is 2. The molecule has 0 aliphatic rings. The van der Waals surface area contributed by atoms with Crippen LogP contribution in [0.1, 0.15) is 13.8 Å². The molecule has 0 fully saturated rings. The van der Waals surface area contributed by atoms with Crippen LogP contribution in [-0.2, 0) is 9.47 Å². The van der Waals surface area contributed by atoms with Crippen LogP contribution in [0.2, 0.25) is 6.04 Å². The molecule has 2 atom stereocenters. The fourth-order valence-electron chi connectivity index (χ4n) is 0.569. The predicted molar refractivity (Wildman–Crippen MR) is 50.9 cm³/mol. The molecule has 11 heavy (non-hydrogen) atoms. The first-order chi connectivity index (χ1) is 5.11. The Kier molecular flexibility index (Phi) is 5.24. The molecule has 0 aromatic rings. The van der Waals surface area contributed by atoms with Gasteiger partial charge in [-0.1, -0.05) is 6.58 Å². The molecule has 0 aliphatic heterocycles. The summed E-state index contributed by atoms with van der Waals surface area (Å²) in [5.41, 5.74) is 0. The Morgan fingerprint density at radius 1 is 1.55 bits per heavy atom. The van der Waals surface area contributed by atoms with E-state index in [2.05, 4.69) is 13.5 Å². The number of hydrogen-bond donors (Lipinski definition) is 0. The van der Waals surface area contributed by atoms with Crippen molar-refractivity contribution in [3.8, 4) is 0 Å². The smallest absolute Gasteiger partial charge is 0.118 e. The highest BCUT2D eigenvalue weighted by Crippen LogP contribution is 2.08. The van der Waals surface area contributed by atoms with Gasteiger partial charge in [0.05, 0.1) is 6.10 Å². The molecule has 0 amide bonds. The molecule has 0 N–H and O–H groups in total. The predicted octanol–water partition coefficient (Wildman–Crippen LogP) is 0.724. The Labute approximate surface area is 72.0 Å². The van der Waals surface area contributed by atoms with Crippen LogP contribution >= 0.6 is 0 Å². The van der Waals surface area contributed by atoms with Gasteiger partial charge >= 0.3 is 0 Å². The van der Waals surface area contributed by atoms with Crippen LogP contribution in [0.25, 0.3) is 0 Å². The second kappa shape index (κ2) is 5.38. The van der Waals surface area contributed by atoms with Gasteiger partial charge in [0, 0.05) is 17.4 Å². The Balaban J connectivity index is 3.68. The highest BCUT2D eigenvalue weighted by Gasteiger charge is 2.08. The fourth-order valence-corrected chi connectivity index (χ4v) is 0.736. The number of methoxy groups -OCH3 is 1. The summed E-state index contributed by atoms with van der Waals surface area (Å²) < 4.78 is 10.5. The molecule has 2 nitrogen and oxygen atoms in total. The molecule has 0 saturated heterocycles. The molecule has 0 heterocycles. The molecule has 0 radical (unpaired) electrons. The molecule has 0 spiro atoms. The second-order valence-corrected chi connectivity index (χ2v) is 3.50. The van der Waals surface area contributed by atoms with E-state index in [1.54, 1.807) is 7.11 Å². The monoisotopic (exact) mass is 174 g/mol. The van der Waals surface area contributed by atoms with Crippen molar-refractivity contribution >= 4 is 10.2 Å². The lowest BCUT2D eigenvalue weighted by Crippen LogP contribution is -2.15. The van der Waals surface area contributed by atoms with Gasteiger partial charge in [-0.25, -0.2) is 0 Å². The summed E-state index contributed by atoms with van der Waals surface area (Å²) in [4.78, 5) is 0. The molecule has 66 valence electrons. The minimum absolute atomic E-state index is 0.00525. The maximum absolute atomic E-state index is 5.47. The van der Waals surface area contributed by atoms with Gasteiger partial charge in [0.2, 0.25) is 0 Å². The molecule has 0 aromatic heterocycles. The summed E-state index contributed by atoms with van der Waals surface area (Å²) in [6.07, 6.45) is 0.303. The highest BCUT2D eigenvalue weighted by molar-refractivity contribution is 6.08. The summed E-state index contributed by atoms with van der Waals surface area (Å²) in [5.74, 6) is 0.732. The van der Waals surface area contributed by atoms with Crippen LogP contribution in [-0.4, -0.2) is 29.6 Å². The van der Waals surface area contributed by atoms with Crippen LogP contribution < -0.4 is 0 Å². The Hall–Kier alpha value is -0.283. The van der Waals surface area contributed by atoms with Gasteiger partial charge in [0.1, 0.15) is 11.9 Å². The van der Waals surface area contributed by atoms with Crippen molar-refractivity contribution in [1.82, 2.24) is 0 Å². The normalized spacial score (nSPS) is 15.9. The Morgan fingerprint density at radius 3 is 2.45 bits per heavy atom. The van der Waals surface area contributed by atoms with Gasteiger partial charge in [-0.2, -0.15) is 0 Å². The van der Waals surface area contributed by atoms with Crippen molar-refractivity contribution in [3.63, 3.8) is 0 Å². The largest absolute Gasteiger partial charge is 0.493 e. The molecule has 0 aliphatic carbocycles. The van der Waals surface area contributed by atoms with E-state index < -0.39 is 0 Å². The lowest BCUT2D eigenvalue weighted by Gasteiger charge is -2.18. The zero-order valence-electron chi connectivity index (χ0n) is 7.89. The fraction of sp³-hybridized carbons (Fsp3) is 0.750. The van der Waals surface area contributed by atoms with E-state index in [-0.39, 0.29) is 6.10 Å². The van der Waals surface area contributed by atoms with E-state index in [1.165, 1.54) is 10.2 Å². The first kappa shape index (κ1) is 10.7. The van der Waals surface area contributed by atoms with Crippen LogP contribution in [0, 0.1) is 0 Å². The summed E-state index contributed by atoms with van der Waals surface area (Å²) in [6.45, 7) is 7.77. The highest BCUT2D eigenvalue weighted by atomic mass is 28.1. The van der Waals surface area contributed by atoms with Crippen molar-refractivity contribution in [1.29, 1.82) is 0 Å². The Bertz CT molecular complexity index is 125. The molecule has 3 heteroatoms. The lowest BCUT2D eigenvalue weighted by molar-refractivity contribution is 0.0522. The molecule has 0 bridgehead atoms. The quantitative estimate of drug-likeness (QED) is 0.452. The first-order valence-electron chi connectivity index (χ1n) is 4.00. The molecule has 2 unspecified atom stereocenters. The average molecular weight is 174 g/mol. The van der Waals surface area contributed by atoms with Gasteiger partial charge in [0.25, 0.3) is 0 Å². The third kappa shape index (κ3) is 4.21. The molecular formula is C8H18O2Si. The standard InChI is InChI=1S/C8H18O2Si/c1-6(5-11)10-8(3)7(2)9-4/h6-7H,3,5H2,1-2,4,11H3. The van der Waals surface area contributed by atoms with E-state index in [1.807, 2.05) is 6.92 Å². The minimum atomic E-state index is 0.00525. The topological polar surface area (TPSA) is 18.5 Å². The lowest BCUT2D eigenvalue weighted by atomic mass is 10.3. The second-order valence-electron chi connectivity index (χ2n) is 2.68. The average Bonchev–Trinajstić information content (AvgIpc) is 2.02. The van der Waals surface area contributed by atoms with Gasteiger partial charge in [-0.05, 0) is 19.9 Å².